The van der Waals surface area contributed by atoms with Crippen molar-refractivity contribution in [1.29, 1.82) is 0 Å². The summed E-state index contributed by atoms with van der Waals surface area (Å²) >= 11 is 5.72. The Labute approximate surface area is 135 Å². The second-order valence-electron chi connectivity index (χ2n) is 4.55. The topological polar surface area (TPSA) is 62.7 Å². The van der Waals surface area contributed by atoms with Gasteiger partial charge in [-0.05, 0) is 36.4 Å². The molecule has 3 aromatic rings. The van der Waals surface area contributed by atoms with E-state index in [1.807, 2.05) is 0 Å². The zero-order valence-electron chi connectivity index (χ0n) is 11.6. The third-order valence-corrected chi connectivity index (χ3v) is 3.12. The lowest BCUT2D eigenvalue weighted by Crippen LogP contribution is -2.02. The monoisotopic (exact) mass is 333 g/mol. The molecule has 5 nitrogen and oxygen atoms in total. The van der Waals surface area contributed by atoms with Gasteiger partial charge in [-0.1, -0.05) is 17.7 Å². The molecule has 0 saturated carbocycles. The Morgan fingerprint density at radius 1 is 0.957 bits per heavy atom. The van der Waals surface area contributed by atoms with Crippen molar-refractivity contribution >= 4 is 34.7 Å². The molecule has 0 aliphatic carbocycles. The second kappa shape index (κ2) is 6.53. The van der Waals surface area contributed by atoms with Gasteiger partial charge in [0.15, 0.2) is 5.82 Å². The minimum absolute atomic E-state index is 0.00451. The quantitative estimate of drug-likeness (QED) is 0.745. The first kappa shape index (κ1) is 15.1. The third-order valence-electron chi connectivity index (χ3n) is 2.83. The first-order valence-corrected chi connectivity index (χ1v) is 6.92. The molecule has 0 unspecified atom stereocenters. The number of halogens is 3. The third kappa shape index (κ3) is 3.89. The number of benzene rings is 2. The fourth-order valence-electron chi connectivity index (χ4n) is 1.83. The molecule has 0 saturated heterocycles. The molecule has 2 N–H and O–H groups in total. The Kier molecular flexibility index (Phi) is 4.29. The van der Waals surface area contributed by atoms with Gasteiger partial charge in [0.2, 0.25) is 5.95 Å². The van der Waals surface area contributed by atoms with Gasteiger partial charge in [0.1, 0.15) is 11.6 Å². The second-order valence-corrected chi connectivity index (χ2v) is 4.96. The van der Waals surface area contributed by atoms with Gasteiger partial charge in [-0.3, -0.25) is 0 Å². The maximum Gasteiger partial charge on any atom is 0.249 e. The molecule has 116 valence electrons. The molecule has 0 atom stereocenters. The van der Waals surface area contributed by atoms with Gasteiger partial charge in [0, 0.05) is 11.4 Å². The Bertz CT molecular complexity index is 844. The lowest BCUT2D eigenvalue weighted by Gasteiger charge is -2.08. The summed E-state index contributed by atoms with van der Waals surface area (Å²) in [6.07, 6.45) is 1.40. The van der Waals surface area contributed by atoms with E-state index >= 15 is 0 Å². The van der Waals surface area contributed by atoms with Gasteiger partial charge in [0.05, 0.1) is 11.2 Å². The van der Waals surface area contributed by atoms with Crippen molar-refractivity contribution in [2.45, 2.75) is 0 Å². The van der Waals surface area contributed by atoms with Crippen molar-refractivity contribution in [3.63, 3.8) is 0 Å². The van der Waals surface area contributed by atoms with E-state index in [0.29, 0.717) is 17.2 Å². The summed E-state index contributed by atoms with van der Waals surface area (Å²) in [6, 6.07) is 10.1. The van der Waals surface area contributed by atoms with Crippen LogP contribution in [-0.2, 0) is 0 Å². The molecule has 2 aromatic carbocycles. The Morgan fingerprint density at radius 2 is 1.78 bits per heavy atom. The molecular formula is C15H10ClF2N5. The van der Waals surface area contributed by atoms with E-state index in [0.717, 1.165) is 0 Å². The molecule has 0 aliphatic heterocycles. The van der Waals surface area contributed by atoms with E-state index < -0.39 is 5.82 Å². The summed E-state index contributed by atoms with van der Waals surface area (Å²) < 4.78 is 26.3. The fourth-order valence-corrected chi connectivity index (χ4v) is 2.01. The molecule has 0 aliphatic rings. The van der Waals surface area contributed by atoms with Gasteiger partial charge in [-0.2, -0.15) is 10.1 Å². The first-order chi connectivity index (χ1) is 11.1. The molecule has 0 radical (unpaired) electrons. The lowest BCUT2D eigenvalue weighted by molar-refractivity contribution is 0.628. The first-order valence-electron chi connectivity index (χ1n) is 6.54. The van der Waals surface area contributed by atoms with Crippen LogP contribution in [0.15, 0.2) is 48.7 Å². The molecule has 0 bridgehead atoms. The van der Waals surface area contributed by atoms with Crippen LogP contribution in [0.1, 0.15) is 0 Å². The molecule has 0 amide bonds. The minimum atomic E-state index is -0.508. The van der Waals surface area contributed by atoms with Crippen LogP contribution in [0.4, 0.5) is 31.9 Å². The molecule has 0 fully saturated rings. The van der Waals surface area contributed by atoms with Crippen LogP contribution in [0.3, 0.4) is 0 Å². The molecular weight excluding hydrogens is 324 g/mol. The largest absolute Gasteiger partial charge is 0.339 e. The van der Waals surface area contributed by atoms with E-state index in [2.05, 4.69) is 25.8 Å². The van der Waals surface area contributed by atoms with E-state index in [1.165, 1.54) is 36.5 Å². The van der Waals surface area contributed by atoms with Gasteiger partial charge in [-0.25, -0.2) is 8.78 Å². The van der Waals surface area contributed by atoms with Crippen LogP contribution in [0.2, 0.25) is 5.02 Å². The summed E-state index contributed by atoms with van der Waals surface area (Å²) in [5, 5.41) is 13.4. The van der Waals surface area contributed by atoms with Crippen LogP contribution in [0.25, 0.3) is 0 Å². The van der Waals surface area contributed by atoms with Crippen molar-refractivity contribution < 1.29 is 8.78 Å². The van der Waals surface area contributed by atoms with Crippen molar-refractivity contribution in [3.8, 4) is 0 Å². The van der Waals surface area contributed by atoms with E-state index in [9.17, 15) is 8.78 Å². The number of hydrogen-bond donors (Lipinski definition) is 2. The number of nitrogens with zero attached hydrogens (tertiary/aromatic N) is 3. The summed E-state index contributed by atoms with van der Waals surface area (Å²) in [7, 11) is 0. The van der Waals surface area contributed by atoms with Crippen molar-refractivity contribution in [3.05, 3.63) is 65.3 Å². The zero-order valence-corrected chi connectivity index (χ0v) is 12.4. The van der Waals surface area contributed by atoms with Gasteiger partial charge >= 0.3 is 0 Å². The number of rotatable bonds is 4. The van der Waals surface area contributed by atoms with Crippen LogP contribution in [-0.4, -0.2) is 15.2 Å². The smallest absolute Gasteiger partial charge is 0.249 e. The SMILES string of the molecule is Fc1cccc(Nc2nncc(Nc3ccc(F)c(Cl)c3)n2)c1. The highest BCUT2D eigenvalue weighted by molar-refractivity contribution is 6.31. The maximum atomic E-state index is 13.2. The van der Waals surface area contributed by atoms with Crippen molar-refractivity contribution in [2.24, 2.45) is 0 Å². The predicted octanol–water partition coefficient (Wildman–Crippen LogP) is 4.29. The van der Waals surface area contributed by atoms with Crippen LogP contribution < -0.4 is 10.6 Å². The number of anilines is 4. The van der Waals surface area contributed by atoms with Gasteiger partial charge in [-0.15, -0.1) is 5.10 Å². The molecule has 1 aromatic heterocycles. The highest BCUT2D eigenvalue weighted by Gasteiger charge is 2.05. The minimum Gasteiger partial charge on any atom is -0.339 e. The van der Waals surface area contributed by atoms with Crippen LogP contribution >= 0.6 is 11.6 Å². The van der Waals surface area contributed by atoms with E-state index in [4.69, 9.17) is 11.6 Å². The summed E-state index contributed by atoms with van der Waals surface area (Å²) in [4.78, 5) is 4.19. The Morgan fingerprint density at radius 3 is 2.57 bits per heavy atom. The van der Waals surface area contributed by atoms with Crippen LogP contribution in [0, 0.1) is 11.6 Å². The predicted molar refractivity (Wildman–Crippen MR) is 84.2 cm³/mol. The average molecular weight is 334 g/mol. The number of hydrogen-bond acceptors (Lipinski definition) is 5. The summed E-state index contributed by atoms with van der Waals surface area (Å²) in [5.74, 6) is -0.319. The van der Waals surface area contributed by atoms with Crippen LogP contribution in [0.5, 0.6) is 0 Å². The normalized spacial score (nSPS) is 10.4. The van der Waals surface area contributed by atoms with Crippen molar-refractivity contribution in [2.75, 3.05) is 10.6 Å². The Balaban J connectivity index is 1.78. The fraction of sp³-hybridized carbons (Fsp3) is 0. The van der Waals surface area contributed by atoms with E-state index in [-0.39, 0.29) is 16.8 Å². The van der Waals surface area contributed by atoms with Gasteiger partial charge < -0.3 is 10.6 Å². The number of nitrogens with one attached hydrogen (secondary N) is 2. The van der Waals surface area contributed by atoms with Crippen molar-refractivity contribution in [1.82, 2.24) is 15.2 Å². The highest BCUT2D eigenvalue weighted by Crippen LogP contribution is 2.22. The molecule has 3 rings (SSSR count). The highest BCUT2D eigenvalue weighted by atomic mass is 35.5. The van der Waals surface area contributed by atoms with E-state index in [1.54, 1.807) is 12.1 Å². The number of aromatic nitrogens is 3. The zero-order chi connectivity index (χ0) is 16.2. The molecule has 23 heavy (non-hydrogen) atoms. The van der Waals surface area contributed by atoms with Gasteiger partial charge in [0.25, 0.3) is 0 Å². The molecule has 0 spiro atoms. The Hall–Kier alpha value is -2.80. The maximum absolute atomic E-state index is 13.2. The summed E-state index contributed by atoms with van der Waals surface area (Å²) in [5.41, 5.74) is 1.04. The average Bonchev–Trinajstić information content (AvgIpc) is 2.51. The molecule has 8 heteroatoms. The molecule has 1 heterocycles. The standard InChI is InChI=1S/C15H10ClF2N5/c16-12-7-11(4-5-13(12)18)20-14-8-19-23-15(22-14)21-10-3-1-2-9(17)6-10/h1-8H,(H2,20,21,22,23). The lowest BCUT2D eigenvalue weighted by atomic mass is 10.3. The summed E-state index contributed by atoms with van der Waals surface area (Å²) in [6.45, 7) is 0.